The van der Waals surface area contributed by atoms with Crippen LogP contribution in [0.3, 0.4) is 0 Å². The maximum absolute atomic E-state index is 10.2. The summed E-state index contributed by atoms with van der Waals surface area (Å²) < 4.78 is 0. The zero-order valence-electron chi connectivity index (χ0n) is 40.5. The molecule has 344 valence electrons. The number of phenols is 6. The van der Waals surface area contributed by atoms with Gasteiger partial charge in [0, 0.05) is 16.2 Å². The van der Waals surface area contributed by atoms with Gasteiger partial charge in [0.1, 0.15) is 34.5 Å². The van der Waals surface area contributed by atoms with Gasteiger partial charge in [0.05, 0.1) is 0 Å². The Labute approximate surface area is 388 Å². The number of aryl methyl sites for hydroxylation is 8. The third kappa shape index (κ3) is 10.2. The lowest BCUT2D eigenvalue weighted by Crippen LogP contribution is -2.31. The van der Waals surface area contributed by atoms with Crippen LogP contribution in [0.5, 0.6) is 34.5 Å². The van der Waals surface area contributed by atoms with Crippen molar-refractivity contribution in [1.29, 1.82) is 0 Å². The van der Waals surface area contributed by atoms with Gasteiger partial charge in [-0.05, 0) is 183 Å². The van der Waals surface area contributed by atoms with Crippen molar-refractivity contribution in [2.24, 2.45) is 0 Å². The summed E-state index contributed by atoms with van der Waals surface area (Å²) in [6.45, 7) is 19.9. The molecule has 0 radical (unpaired) electrons. The number of hydrogen-bond donors (Lipinski definition) is 6. The molecule has 0 aliphatic heterocycles. The molecule has 2 aliphatic carbocycles. The Hall–Kier alpha value is -5.88. The van der Waals surface area contributed by atoms with Crippen LogP contribution < -0.4 is 0 Å². The van der Waals surface area contributed by atoms with Crippen LogP contribution in [0, 0.1) is 55.4 Å². The summed E-state index contributed by atoms with van der Waals surface area (Å²) in [6.07, 6.45) is 12.0. The molecule has 0 saturated heterocycles. The van der Waals surface area contributed by atoms with Gasteiger partial charge in [-0.3, -0.25) is 0 Å². The van der Waals surface area contributed by atoms with Crippen LogP contribution in [0.25, 0.3) is 0 Å². The smallest absolute Gasteiger partial charge is 0.121 e. The van der Waals surface area contributed by atoms with E-state index in [1.807, 2.05) is 91.8 Å². The summed E-state index contributed by atoms with van der Waals surface area (Å²) in [6, 6.07) is 32.0. The minimum absolute atomic E-state index is 0.00910. The van der Waals surface area contributed by atoms with Crippen molar-refractivity contribution in [3.05, 3.63) is 175 Å². The van der Waals surface area contributed by atoms with Crippen LogP contribution in [-0.2, 0) is 16.2 Å². The molecule has 6 heteroatoms. The molecule has 2 saturated carbocycles. The highest BCUT2D eigenvalue weighted by Gasteiger charge is 2.38. The fourth-order valence-electron chi connectivity index (χ4n) is 10.4. The third-order valence-corrected chi connectivity index (χ3v) is 14.8. The predicted molar refractivity (Wildman–Crippen MR) is 266 cm³/mol. The van der Waals surface area contributed by atoms with Gasteiger partial charge in [-0.25, -0.2) is 0 Å². The standard InChI is InChI=1S/C22H28O2.C20H24O2.C17H20O2/c1-14-10-18(11-15(2)20(14)23)22(8-6-5-7-9-22)19-12-16(3)21(24)17(4)13-19;1-14-12-16(6-8-18(14)21)20(10-4-3-5-11-20)17-7-9-19(22)15(2)13-17;1-11-9-13(5-7-15(11)18)17(3,4)14-6-8-16(19)12(2)10-14/h10-13,23-24H,5-9H2,1-4H3;6-9,12-13,21-22H,3-5,10-11H2,1-2H3;5-10,18-19H,1-4H3. The van der Waals surface area contributed by atoms with Crippen molar-refractivity contribution in [3.8, 4) is 34.5 Å². The van der Waals surface area contributed by atoms with Crippen molar-refractivity contribution in [1.82, 2.24) is 0 Å². The summed E-state index contributed by atoms with van der Waals surface area (Å²) in [5.41, 5.74) is 14.7. The minimum atomic E-state index is -0.170. The Morgan fingerprint density at radius 1 is 0.323 bits per heavy atom. The van der Waals surface area contributed by atoms with Crippen molar-refractivity contribution in [3.63, 3.8) is 0 Å². The quantitative estimate of drug-likeness (QED) is 0.0991. The maximum atomic E-state index is 10.2. The Kier molecular flexibility index (Phi) is 14.7. The van der Waals surface area contributed by atoms with E-state index in [0.29, 0.717) is 34.5 Å². The van der Waals surface area contributed by atoms with E-state index < -0.39 is 0 Å². The summed E-state index contributed by atoms with van der Waals surface area (Å²) >= 11 is 0. The Balaban J connectivity index is 0.000000163. The van der Waals surface area contributed by atoms with Crippen molar-refractivity contribution in [2.45, 2.75) is 150 Å². The monoisotopic (exact) mass is 877 g/mol. The Morgan fingerprint density at radius 3 is 0.877 bits per heavy atom. The highest BCUT2D eigenvalue weighted by Crippen LogP contribution is 2.49. The van der Waals surface area contributed by atoms with Crippen LogP contribution >= 0.6 is 0 Å². The number of phenolic OH excluding ortho intramolecular Hbond substituents is 6. The third-order valence-electron chi connectivity index (χ3n) is 14.8. The molecule has 0 amide bonds. The van der Waals surface area contributed by atoms with E-state index in [0.717, 1.165) is 81.3 Å². The normalized spacial score (nSPS) is 15.5. The Bertz CT molecular complexity index is 2430. The van der Waals surface area contributed by atoms with Crippen LogP contribution in [0.2, 0.25) is 0 Å². The van der Waals surface area contributed by atoms with E-state index in [9.17, 15) is 30.6 Å². The highest BCUT2D eigenvalue weighted by atomic mass is 16.3. The molecule has 65 heavy (non-hydrogen) atoms. The molecule has 0 atom stereocenters. The van der Waals surface area contributed by atoms with Crippen LogP contribution in [0.4, 0.5) is 0 Å². The molecule has 2 aliphatic rings. The lowest BCUT2D eigenvalue weighted by atomic mass is 9.64. The lowest BCUT2D eigenvalue weighted by Gasteiger charge is -2.39. The van der Waals surface area contributed by atoms with Gasteiger partial charge in [-0.1, -0.05) is 125 Å². The summed E-state index contributed by atoms with van der Waals surface area (Å²) in [4.78, 5) is 0. The fraction of sp³-hybridized carbons (Fsp3) is 0.390. The van der Waals surface area contributed by atoms with Gasteiger partial charge in [0.15, 0.2) is 0 Å². The largest absolute Gasteiger partial charge is 0.508 e. The van der Waals surface area contributed by atoms with Gasteiger partial charge >= 0.3 is 0 Å². The second-order valence-electron chi connectivity index (χ2n) is 19.8. The highest BCUT2D eigenvalue weighted by molar-refractivity contribution is 5.53. The van der Waals surface area contributed by atoms with E-state index in [4.69, 9.17) is 0 Å². The van der Waals surface area contributed by atoms with E-state index in [2.05, 4.69) is 62.4 Å². The first-order chi connectivity index (χ1) is 30.7. The molecule has 6 N–H and O–H groups in total. The molecule has 6 aromatic rings. The molecule has 6 aromatic carbocycles. The van der Waals surface area contributed by atoms with Crippen LogP contribution in [0.15, 0.2) is 97.1 Å². The molecule has 2 fully saturated rings. The molecule has 6 nitrogen and oxygen atoms in total. The van der Waals surface area contributed by atoms with Crippen molar-refractivity contribution in [2.75, 3.05) is 0 Å². The molecule has 0 aromatic heterocycles. The molecular weight excluding hydrogens is 805 g/mol. The number of hydrogen-bond acceptors (Lipinski definition) is 6. The molecule has 0 heterocycles. The summed E-state index contributed by atoms with van der Waals surface area (Å²) in [5, 5.41) is 59.3. The SMILES string of the molecule is Cc1cc(C(C)(C)c2ccc(O)c(C)c2)ccc1O.Cc1cc(C2(c3cc(C)c(O)c(C)c3)CCCCC2)cc(C)c1O.Cc1cc(C2(c3ccc(O)c(C)c3)CCCCC2)ccc1O. The number of benzene rings is 6. The predicted octanol–water partition coefficient (Wildman–Crippen LogP) is 14.6. The number of aromatic hydroxyl groups is 6. The molecule has 0 unspecified atom stereocenters. The van der Waals surface area contributed by atoms with Gasteiger partial charge < -0.3 is 30.6 Å². The maximum Gasteiger partial charge on any atom is 0.121 e. The van der Waals surface area contributed by atoms with E-state index in [-0.39, 0.29) is 16.2 Å². The minimum Gasteiger partial charge on any atom is -0.508 e. The molecule has 0 bridgehead atoms. The van der Waals surface area contributed by atoms with Gasteiger partial charge in [0.25, 0.3) is 0 Å². The second-order valence-corrected chi connectivity index (χ2v) is 19.8. The first kappa shape index (κ1) is 48.6. The Morgan fingerprint density at radius 2 is 0.585 bits per heavy atom. The van der Waals surface area contributed by atoms with E-state index in [1.165, 1.54) is 60.8 Å². The van der Waals surface area contributed by atoms with E-state index >= 15 is 0 Å². The molecule has 0 spiro atoms. The topological polar surface area (TPSA) is 121 Å². The zero-order valence-corrected chi connectivity index (χ0v) is 40.5. The zero-order chi connectivity index (χ0) is 47.4. The fourth-order valence-corrected chi connectivity index (χ4v) is 10.4. The molecule has 8 rings (SSSR count). The molecular formula is C59H72O6. The van der Waals surface area contributed by atoms with Crippen LogP contribution in [0.1, 0.15) is 156 Å². The van der Waals surface area contributed by atoms with Gasteiger partial charge in [-0.15, -0.1) is 0 Å². The first-order valence-corrected chi connectivity index (χ1v) is 23.5. The van der Waals surface area contributed by atoms with Crippen molar-refractivity contribution < 1.29 is 30.6 Å². The lowest BCUT2D eigenvalue weighted by molar-refractivity contribution is 0.344. The van der Waals surface area contributed by atoms with Crippen LogP contribution in [-0.4, -0.2) is 30.6 Å². The van der Waals surface area contributed by atoms with Gasteiger partial charge in [0.2, 0.25) is 0 Å². The first-order valence-electron chi connectivity index (χ1n) is 23.5. The van der Waals surface area contributed by atoms with Gasteiger partial charge in [-0.2, -0.15) is 0 Å². The summed E-state index contributed by atoms with van der Waals surface area (Å²) in [5.74, 6) is 2.17. The van der Waals surface area contributed by atoms with Crippen molar-refractivity contribution >= 4 is 0 Å². The van der Waals surface area contributed by atoms with E-state index in [1.54, 1.807) is 12.1 Å². The average molecular weight is 877 g/mol. The summed E-state index contributed by atoms with van der Waals surface area (Å²) in [7, 11) is 0. The average Bonchev–Trinajstić information content (AvgIpc) is 3.28. The number of rotatable bonds is 6. The second kappa shape index (κ2) is 19.7.